The number of rotatable bonds is 4. The molecule has 0 bridgehead atoms. The molecule has 2 aromatic rings. The molecule has 17 heavy (non-hydrogen) atoms. The molecule has 0 saturated heterocycles. The summed E-state index contributed by atoms with van der Waals surface area (Å²) in [7, 11) is 0. The summed E-state index contributed by atoms with van der Waals surface area (Å²) in [4.78, 5) is 10.4. The van der Waals surface area contributed by atoms with E-state index in [1.54, 1.807) is 0 Å². The Bertz CT molecular complexity index is 489. The number of halogens is 1. The van der Waals surface area contributed by atoms with E-state index in [0.717, 1.165) is 23.3 Å². The van der Waals surface area contributed by atoms with Crippen LogP contribution in [0.5, 0.6) is 11.5 Å². The van der Waals surface area contributed by atoms with Gasteiger partial charge in [0.25, 0.3) is 0 Å². The Morgan fingerprint density at radius 1 is 0.941 bits per heavy atom. The van der Waals surface area contributed by atoms with Gasteiger partial charge in [-0.05, 0) is 64.6 Å². The van der Waals surface area contributed by atoms with E-state index in [0.29, 0.717) is 6.42 Å². The summed E-state index contributed by atoms with van der Waals surface area (Å²) in [5.41, 5.74) is 0.995. The largest absolute Gasteiger partial charge is 0.457 e. The minimum atomic E-state index is 0.448. The molecule has 2 rings (SSSR count). The third-order valence-electron chi connectivity index (χ3n) is 2.29. The van der Waals surface area contributed by atoms with Gasteiger partial charge in [-0.15, -0.1) is 0 Å². The predicted octanol–water partition coefficient (Wildman–Crippen LogP) is 3.82. The maximum absolute atomic E-state index is 10.4. The van der Waals surface area contributed by atoms with Gasteiger partial charge in [0.15, 0.2) is 0 Å². The summed E-state index contributed by atoms with van der Waals surface area (Å²) in [5, 5.41) is 0. The van der Waals surface area contributed by atoms with Gasteiger partial charge in [0.1, 0.15) is 17.8 Å². The highest BCUT2D eigenvalue weighted by Gasteiger charge is 1.97. The van der Waals surface area contributed by atoms with Crippen molar-refractivity contribution < 1.29 is 9.53 Å². The number of carbonyl (C=O) groups excluding carboxylic acids is 1. The van der Waals surface area contributed by atoms with Crippen molar-refractivity contribution in [1.29, 1.82) is 0 Å². The van der Waals surface area contributed by atoms with Crippen molar-refractivity contribution in [1.82, 2.24) is 0 Å². The molecule has 0 radical (unpaired) electrons. The van der Waals surface area contributed by atoms with Crippen LogP contribution in [0.3, 0.4) is 0 Å². The smallest absolute Gasteiger partial charge is 0.127 e. The second-order valence-electron chi connectivity index (χ2n) is 3.57. The maximum atomic E-state index is 10.4. The van der Waals surface area contributed by atoms with Crippen LogP contribution in [0.2, 0.25) is 0 Å². The fraction of sp³-hybridized carbons (Fsp3) is 0.0714. The molecule has 0 fully saturated rings. The third-order valence-corrected chi connectivity index (χ3v) is 3.01. The van der Waals surface area contributed by atoms with Crippen molar-refractivity contribution in [3.8, 4) is 11.5 Å². The van der Waals surface area contributed by atoms with E-state index >= 15 is 0 Å². The van der Waals surface area contributed by atoms with Crippen molar-refractivity contribution in [2.45, 2.75) is 6.42 Å². The second-order valence-corrected chi connectivity index (χ2v) is 4.82. The van der Waals surface area contributed by atoms with Gasteiger partial charge in [0.05, 0.1) is 0 Å². The van der Waals surface area contributed by atoms with E-state index in [9.17, 15) is 4.79 Å². The molecule has 0 saturated carbocycles. The minimum absolute atomic E-state index is 0.448. The second kappa shape index (κ2) is 5.82. The van der Waals surface area contributed by atoms with Gasteiger partial charge in [0, 0.05) is 9.99 Å². The van der Waals surface area contributed by atoms with Crippen molar-refractivity contribution in [2.24, 2.45) is 0 Å². The van der Waals surface area contributed by atoms with Gasteiger partial charge < -0.3 is 9.53 Å². The predicted molar refractivity (Wildman–Crippen MR) is 75.4 cm³/mol. The average molecular weight is 338 g/mol. The van der Waals surface area contributed by atoms with E-state index in [4.69, 9.17) is 4.74 Å². The summed E-state index contributed by atoms with van der Waals surface area (Å²) in [6, 6.07) is 15.4. The molecule has 0 aliphatic rings. The maximum Gasteiger partial charge on any atom is 0.127 e. The lowest BCUT2D eigenvalue weighted by molar-refractivity contribution is -0.107. The molecule has 0 amide bonds. The van der Waals surface area contributed by atoms with Crippen molar-refractivity contribution in [3.63, 3.8) is 0 Å². The van der Waals surface area contributed by atoms with E-state index in [1.165, 1.54) is 3.57 Å². The van der Waals surface area contributed by atoms with Crippen molar-refractivity contribution in [3.05, 3.63) is 57.7 Å². The molecule has 0 unspecified atom stereocenters. The van der Waals surface area contributed by atoms with Crippen LogP contribution in [0.1, 0.15) is 5.56 Å². The highest BCUT2D eigenvalue weighted by Crippen LogP contribution is 2.22. The zero-order chi connectivity index (χ0) is 12.1. The van der Waals surface area contributed by atoms with Crippen LogP contribution in [0.15, 0.2) is 48.5 Å². The minimum Gasteiger partial charge on any atom is -0.457 e. The zero-order valence-electron chi connectivity index (χ0n) is 9.10. The number of aldehydes is 1. The Kier molecular flexibility index (Phi) is 4.14. The molecular weight excluding hydrogens is 327 g/mol. The molecule has 0 aliphatic carbocycles. The Morgan fingerprint density at radius 2 is 1.47 bits per heavy atom. The van der Waals surface area contributed by atoms with Crippen LogP contribution < -0.4 is 4.74 Å². The third kappa shape index (κ3) is 3.56. The molecule has 3 heteroatoms. The standard InChI is InChI=1S/C14H11IO2/c15-12-3-7-14(8-4-12)17-13-5-1-11(2-6-13)9-10-16/h1-8,10H,9H2. The number of ether oxygens (including phenoxy) is 1. The molecule has 0 aromatic heterocycles. The quantitative estimate of drug-likeness (QED) is 0.626. The monoisotopic (exact) mass is 338 g/mol. The SMILES string of the molecule is O=CCc1ccc(Oc2ccc(I)cc2)cc1. The van der Waals surface area contributed by atoms with Gasteiger partial charge >= 0.3 is 0 Å². The first-order valence-corrected chi connectivity index (χ1v) is 6.32. The molecule has 0 heterocycles. The van der Waals surface area contributed by atoms with E-state index in [-0.39, 0.29) is 0 Å². The molecule has 0 aliphatic heterocycles. The molecular formula is C14H11IO2. The van der Waals surface area contributed by atoms with E-state index in [2.05, 4.69) is 22.6 Å². The first-order valence-electron chi connectivity index (χ1n) is 5.24. The highest BCUT2D eigenvalue weighted by atomic mass is 127. The summed E-state index contributed by atoms with van der Waals surface area (Å²) in [6.07, 6.45) is 1.35. The molecule has 86 valence electrons. The lowest BCUT2D eigenvalue weighted by Gasteiger charge is -2.06. The normalized spacial score (nSPS) is 9.94. The fourth-order valence-corrected chi connectivity index (χ4v) is 1.79. The van der Waals surface area contributed by atoms with Crippen molar-refractivity contribution >= 4 is 28.9 Å². The first kappa shape index (κ1) is 12.1. The summed E-state index contributed by atoms with van der Waals surface area (Å²) in [5.74, 6) is 1.59. The first-order chi connectivity index (χ1) is 8.28. The Morgan fingerprint density at radius 3 is 2.00 bits per heavy atom. The Labute approximate surface area is 114 Å². The van der Waals surface area contributed by atoms with Gasteiger partial charge in [-0.3, -0.25) is 0 Å². The van der Waals surface area contributed by atoms with Gasteiger partial charge in [-0.1, -0.05) is 12.1 Å². The highest BCUT2D eigenvalue weighted by molar-refractivity contribution is 14.1. The lowest BCUT2D eigenvalue weighted by Crippen LogP contribution is -1.87. The Balaban J connectivity index is 2.08. The average Bonchev–Trinajstić information content (AvgIpc) is 2.35. The number of hydrogen-bond donors (Lipinski definition) is 0. The summed E-state index contributed by atoms with van der Waals surface area (Å²) >= 11 is 2.25. The van der Waals surface area contributed by atoms with Crippen LogP contribution in [-0.2, 0) is 11.2 Å². The summed E-state index contributed by atoms with van der Waals surface area (Å²) in [6.45, 7) is 0. The zero-order valence-corrected chi connectivity index (χ0v) is 11.3. The van der Waals surface area contributed by atoms with Gasteiger partial charge in [-0.25, -0.2) is 0 Å². The van der Waals surface area contributed by atoms with Gasteiger partial charge in [0.2, 0.25) is 0 Å². The van der Waals surface area contributed by atoms with Crippen LogP contribution in [-0.4, -0.2) is 6.29 Å². The number of hydrogen-bond acceptors (Lipinski definition) is 2. The molecule has 0 spiro atoms. The van der Waals surface area contributed by atoms with Crippen LogP contribution >= 0.6 is 22.6 Å². The number of benzene rings is 2. The molecule has 0 N–H and O–H groups in total. The summed E-state index contributed by atoms with van der Waals surface area (Å²) < 4.78 is 6.85. The van der Waals surface area contributed by atoms with Crippen LogP contribution in [0, 0.1) is 3.57 Å². The molecule has 0 atom stereocenters. The van der Waals surface area contributed by atoms with Crippen molar-refractivity contribution in [2.75, 3.05) is 0 Å². The lowest BCUT2D eigenvalue weighted by atomic mass is 10.2. The molecule has 2 nitrogen and oxygen atoms in total. The van der Waals surface area contributed by atoms with Gasteiger partial charge in [-0.2, -0.15) is 0 Å². The molecule has 2 aromatic carbocycles. The fourth-order valence-electron chi connectivity index (χ4n) is 1.43. The Hall–Kier alpha value is -1.36. The number of carbonyl (C=O) groups is 1. The topological polar surface area (TPSA) is 26.3 Å². The van der Waals surface area contributed by atoms with E-state index < -0.39 is 0 Å². The van der Waals surface area contributed by atoms with Crippen LogP contribution in [0.4, 0.5) is 0 Å². The van der Waals surface area contributed by atoms with Crippen LogP contribution in [0.25, 0.3) is 0 Å². The van der Waals surface area contributed by atoms with E-state index in [1.807, 2.05) is 48.5 Å².